The summed E-state index contributed by atoms with van der Waals surface area (Å²) in [5.41, 5.74) is -0.294. The third kappa shape index (κ3) is 4.36. The summed E-state index contributed by atoms with van der Waals surface area (Å²) >= 11 is 0. The lowest BCUT2D eigenvalue weighted by molar-refractivity contribution is -0.385. The zero-order valence-electron chi connectivity index (χ0n) is 9.54. The molecule has 6 nitrogen and oxygen atoms in total. The van der Waals surface area contributed by atoms with Crippen LogP contribution in [0.4, 0.5) is 5.69 Å². The molecule has 0 atom stereocenters. The third-order valence-electron chi connectivity index (χ3n) is 2.49. The van der Waals surface area contributed by atoms with Gasteiger partial charge in [-0.2, -0.15) is 0 Å². The van der Waals surface area contributed by atoms with Crippen molar-refractivity contribution in [2.75, 3.05) is 6.61 Å². The van der Waals surface area contributed by atoms with Gasteiger partial charge in [-0.15, -0.1) is 0 Å². The molecule has 0 amide bonds. The second kappa shape index (κ2) is 6.80. The summed E-state index contributed by atoms with van der Waals surface area (Å²) in [6.45, 7) is 0.655. The normalized spacial score (nSPS) is 10.4. The number of unbranched alkanes of at least 4 members (excludes halogenated alkanes) is 3. The molecule has 1 heterocycles. The monoisotopic (exact) mass is 240 g/mol. The molecule has 0 aliphatic heterocycles. The number of aliphatic hydroxyl groups is 1. The van der Waals surface area contributed by atoms with Crippen molar-refractivity contribution < 1.29 is 10.0 Å². The number of nitro groups is 1. The van der Waals surface area contributed by atoms with E-state index in [0.717, 1.165) is 25.7 Å². The Hall–Kier alpha value is -1.69. The van der Waals surface area contributed by atoms with Crippen LogP contribution in [0.5, 0.6) is 0 Å². The van der Waals surface area contributed by atoms with E-state index in [1.807, 2.05) is 0 Å². The van der Waals surface area contributed by atoms with Crippen LogP contribution in [0.3, 0.4) is 0 Å². The van der Waals surface area contributed by atoms with Crippen molar-refractivity contribution in [2.45, 2.75) is 32.2 Å². The minimum atomic E-state index is -0.512. The Labute approximate surface area is 98.7 Å². The summed E-state index contributed by atoms with van der Waals surface area (Å²) in [7, 11) is 0. The Morgan fingerprint density at radius 2 is 1.94 bits per heavy atom. The van der Waals surface area contributed by atoms with E-state index in [0.29, 0.717) is 6.54 Å². The first-order valence-electron chi connectivity index (χ1n) is 5.61. The topological polar surface area (TPSA) is 85.4 Å². The van der Waals surface area contributed by atoms with Gasteiger partial charge >= 0.3 is 0 Å². The molecule has 0 aliphatic rings. The fourth-order valence-electron chi connectivity index (χ4n) is 1.55. The quantitative estimate of drug-likeness (QED) is 0.442. The number of pyridine rings is 1. The smallest absolute Gasteiger partial charge is 0.285 e. The standard InChI is InChI=1S/C11H16N2O4/c14-8-4-2-1-3-7-12-9-10(13(16)17)5-6-11(12)15/h5-6,9,14H,1-4,7-8H2. The predicted molar refractivity (Wildman–Crippen MR) is 62.9 cm³/mol. The Kier molecular flexibility index (Phi) is 5.35. The Morgan fingerprint density at radius 1 is 1.24 bits per heavy atom. The first-order valence-corrected chi connectivity index (χ1v) is 5.61. The summed E-state index contributed by atoms with van der Waals surface area (Å²) < 4.78 is 1.36. The molecule has 0 bridgehead atoms. The molecule has 0 saturated heterocycles. The highest BCUT2D eigenvalue weighted by Gasteiger charge is 2.07. The van der Waals surface area contributed by atoms with Crippen molar-refractivity contribution in [1.29, 1.82) is 0 Å². The largest absolute Gasteiger partial charge is 0.396 e. The fraction of sp³-hybridized carbons (Fsp3) is 0.545. The molecule has 0 radical (unpaired) electrons. The van der Waals surface area contributed by atoms with E-state index in [-0.39, 0.29) is 17.9 Å². The van der Waals surface area contributed by atoms with Crippen LogP contribution in [0.15, 0.2) is 23.1 Å². The van der Waals surface area contributed by atoms with Gasteiger partial charge in [0, 0.05) is 25.3 Å². The molecule has 1 aromatic rings. The van der Waals surface area contributed by atoms with Gasteiger partial charge in [-0.3, -0.25) is 14.9 Å². The van der Waals surface area contributed by atoms with Gasteiger partial charge in [-0.1, -0.05) is 12.8 Å². The van der Waals surface area contributed by atoms with Crippen molar-refractivity contribution >= 4 is 5.69 Å². The first-order chi connectivity index (χ1) is 8.15. The van der Waals surface area contributed by atoms with Crippen LogP contribution in [-0.4, -0.2) is 21.2 Å². The second-order valence-corrected chi connectivity index (χ2v) is 3.81. The highest BCUT2D eigenvalue weighted by atomic mass is 16.6. The maximum absolute atomic E-state index is 11.4. The lowest BCUT2D eigenvalue weighted by Gasteiger charge is -2.04. The molecule has 1 aromatic heterocycles. The van der Waals surface area contributed by atoms with Crippen LogP contribution < -0.4 is 5.56 Å². The molecule has 0 aromatic carbocycles. The number of aromatic nitrogens is 1. The molecule has 0 aliphatic carbocycles. The maximum Gasteiger partial charge on any atom is 0.285 e. The van der Waals surface area contributed by atoms with Crippen LogP contribution in [-0.2, 0) is 6.54 Å². The number of aliphatic hydroxyl groups excluding tert-OH is 1. The van der Waals surface area contributed by atoms with Crippen LogP contribution in [0.25, 0.3) is 0 Å². The number of hydrogen-bond donors (Lipinski definition) is 1. The van der Waals surface area contributed by atoms with Crippen LogP contribution in [0.1, 0.15) is 25.7 Å². The Balaban J connectivity index is 2.55. The predicted octanol–water partition coefficient (Wildman–Crippen LogP) is 1.31. The minimum absolute atomic E-state index is 0.0695. The maximum atomic E-state index is 11.4. The van der Waals surface area contributed by atoms with E-state index in [4.69, 9.17) is 5.11 Å². The van der Waals surface area contributed by atoms with Gasteiger partial charge < -0.3 is 9.67 Å². The molecule has 0 spiro atoms. The van der Waals surface area contributed by atoms with Gasteiger partial charge in [0.15, 0.2) is 0 Å². The first kappa shape index (κ1) is 13.4. The average molecular weight is 240 g/mol. The molecular weight excluding hydrogens is 224 g/mol. The molecule has 94 valence electrons. The van der Waals surface area contributed by atoms with Crippen molar-refractivity contribution in [3.63, 3.8) is 0 Å². The highest BCUT2D eigenvalue weighted by Crippen LogP contribution is 2.07. The third-order valence-corrected chi connectivity index (χ3v) is 2.49. The van der Waals surface area contributed by atoms with Gasteiger partial charge in [0.2, 0.25) is 0 Å². The van der Waals surface area contributed by atoms with E-state index in [1.54, 1.807) is 0 Å². The van der Waals surface area contributed by atoms with Crippen LogP contribution >= 0.6 is 0 Å². The summed E-state index contributed by atoms with van der Waals surface area (Å²) in [5, 5.41) is 19.1. The number of hydrogen-bond acceptors (Lipinski definition) is 4. The van der Waals surface area contributed by atoms with E-state index >= 15 is 0 Å². The molecule has 6 heteroatoms. The van der Waals surface area contributed by atoms with E-state index in [2.05, 4.69) is 0 Å². The lowest BCUT2D eigenvalue weighted by Crippen LogP contribution is -2.18. The summed E-state index contributed by atoms with van der Waals surface area (Å²) in [5.74, 6) is 0. The molecule has 17 heavy (non-hydrogen) atoms. The molecule has 1 N–H and O–H groups in total. The average Bonchev–Trinajstić information content (AvgIpc) is 2.30. The van der Waals surface area contributed by atoms with E-state index in [1.165, 1.54) is 22.9 Å². The van der Waals surface area contributed by atoms with Gasteiger partial charge in [0.25, 0.3) is 11.2 Å². The zero-order valence-corrected chi connectivity index (χ0v) is 9.54. The van der Waals surface area contributed by atoms with Gasteiger partial charge in [0.1, 0.15) is 0 Å². The molecular formula is C11H16N2O4. The Morgan fingerprint density at radius 3 is 2.59 bits per heavy atom. The second-order valence-electron chi connectivity index (χ2n) is 3.81. The minimum Gasteiger partial charge on any atom is -0.396 e. The van der Waals surface area contributed by atoms with Crippen molar-refractivity contribution in [2.24, 2.45) is 0 Å². The van der Waals surface area contributed by atoms with Gasteiger partial charge in [-0.25, -0.2) is 0 Å². The molecule has 0 fully saturated rings. The van der Waals surface area contributed by atoms with E-state index < -0.39 is 4.92 Å². The van der Waals surface area contributed by atoms with Crippen LogP contribution in [0.2, 0.25) is 0 Å². The van der Waals surface area contributed by atoms with Crippen LogP contribution in [0, 0.1) is 10.1 Å². The molecule has 1 rings (SSSR count). The van der Waals surface area contributed by atoms with E-state index in [9.17, 15) is 14.9 Å². The van der Waals surface area contributed by atoms with Gasteiger partial charge in [0.05, 0.1) is 11.1 Å². The number of aryl methyl sites for hydroxylation is 1. The molecule has 0 unspecified atom stereocenters. The summed E-state index contributed by atoms with van der Waals surface area (Å²) in [6.07, 6.45) is 4.61. The number of nitrogens with zero attached hydrogens (tertiary/aromatic N) is 2. The summed E-state index contributed by atoms with van der Waals surface area (Å²) in [4.78, 5) is 21.4. The fourth-order valence-corrected chi connectivity index (χ4v) is 1.55. The van der Waals surface area contributed by atoms with Crippen molar-refractivity contribution in [1.82, 2.24) is 4.57 Å². The lowest BCUT2D eigenvalue weighted by atomic mass is 10.2. The van der Waals surface area contributed by atoms with Crippen molar-refractivity contribution in [3.8, 4) is 0 Å². The van der Waals surface area contributed by atoms with Gasteiger partial charge in [-0.05, 0) is 12.8 Å². The Bertz CT molecular complexity index is 428. The zero-order chi connectivity index (χ0) is 12.7. The SMILES string of the molecule is O=c1ccc([N+](=O)[O-])cn1CCCCCCO. The highest BCUT2D eigenvalue weighted by molar-refractivity contribution is 5.24. The molecule has 0 saturated carbocycles. The number of rotatable bonds is 7. The van der Waals surface area contributed by atoms with Crippen molar-refractivity contribution in [3.05, 3.63) is 38.8 Å². The summed E-state index contributed by atoms with van der Waals surface area (Å²) in [6, 6.07) is 2.43.